The molecular formula is C75H77ClF2N14O13. The minimum Gasteiger partial charge on any atom is -0.459 e. The molecule has 7 heterocycles. The number of nitro groups is 3. The van der Waals surface area contributed by atoms with E-state index < -0.39 is 60.1 Å². The first-order valence-electron chi connectivity index (χ1n) is 34.1. The third-order valence-corrected chi connectivity index (χ3v) is 19.0. The number of benzene rings is 6. The highest BCUT2D eigenvalue weighted by Crippen LogP contribution is 2.38. The number of amides is 3. The highest BCUT2D eigenvalue weighted by molar-refractivity contribution is 6.30. The fourth-order valence-corrected chi connectivity index (χ4v) is 13.7. The van der Waals surface area contributed by atoms with Crippen molar-refractivity contribution < 1.29 is 42.4 Å². The number of fused-ring (bicyclic) bond motifs is 3. The van der Waals surface area contributed by atoms with E-state index in [1.54, 1.807) is 105 Å². The third kappa shape index (κ3) is 16.7. The van der Waals surface area contributed by atoms with E-state index in [1.807, 2.05) is 84.2 Å². The van der Waals surface area contributed by atoms with E-state index in [0.717, 1.165) is 13.1 Å². The van der Waals surface area contributed by atoms with Crippen LogP contribution in [-0.2, 0) is 19.6 Å². The van der Waals surface area contributed by atoms with Crippen molar-refractivity contribution in [2.75, 3.05) is 135 Å². The summed E-state index contributed by atoms with van der Waals surface area (Å²) in [5.74, 6) is -1.17. The summed E-state index contributed by atoms with van der Waals surface area (Å²) in [6, 6.07) is 42.6. The zero-order chi connectivity index (χ0) is 74.8. The van der Waals surface area contributed by atoms with Crippen LogP contribution in [-0.4, -0.2) is 191 Å². The average Bonchev–Trinajstić information content (AvgIpc) is 0.991. The molecule has 3 amide bonds. The lowest BCUT2D eigenvalue weighted by Crippen LogP contribution is -2.49. The van der Waals surface area contributed by atoms with Crippen molar-refractivity contribution in [3.63, 3.8) is 0 Å². The number of para-hydroxylation sites is 3. The van der Waals surface area contributed by atoms with Gasteiger partial charge in [0.15, 0.2) is 5.76 Å². The molecule has 0 bridgehead atoms. The first-order valence-corrected chi connectivity index (χ1v) is 34.5. The number of aryl methyl sites for hydroxylation is 2. The van der Waals surface area contributed by atoms with Crippen molar-refractivity contribution in [1.29, 1.82) is 0 Å². The van der Waals surface area contributed by atoms with E-state index in [1.165, 1.54) is 56.4 Å². The second-order valence-corrected chi connectivity index (χ2v) is 26.4. The summed E-state index contributed by atoms with van der Waals surface area (Å²) in [6.07, 6.45) is 2.80. The van der Waals surface area contributed by atoms with Crippen molar-refractivity contribution in [2.45, 2.75) is 32.5 Å². The number of anilines is 3. The van der Waals surface area contributed by atoms with Crippen LogP contribution in [0.1, 0.15) is 49.7 Å². The molecule has 4 aromatic heterocycles. The van der Waals surface area contributed by atoms with Crippen molar-refractivity contribution >= 4 is 96.2 Å². The molecule has 0 atom stereocenters. The number of carbonyl (C=O) groups is 3. The normalized spacial score (nSPS) is 14.0. The molecule has 3 saturated heterocycles. The van der Waals surface area contributed by atoms with Crippen molar-refractivity contribution in [3.05, 3.63) is 265 Å². The van der Waals surface area contributed by atoms with Gasteiger partial charge in [0.1, 0.15) is 28.7 Å². The Hall–Kier alpha value is -11.7. The summed E-state index contributed by atoms with van der Waals surface area (Å²) < 4.78 is 36.1. The summed E-state index contributed by atoms with van der Waals surface area (Å²) in [7, 11) is 7.77. The quantitative estimate of drug-likeness (QED) is 0.0537. The number of nitrogens with zero attached hydrogens (tertiary/aromatic N) is 14. The number of piperazine rings is 3. The molecule has 0 aliphatic carbocycles. The molecule has 546 valence electrons. The van der Waals surface area contributed by atoms with Crippen LogP contribution in [0.25, 0.3) is 32.7 Å². The van der Waals surface area contributed by atoms with Crippen LogP contribution in [0.3, 0.4) is 0 Å². The molecule has 0 N–H and O–H groups in total. The topological polar surface area (TPSA) is 286 Å². The van der Waals surface area contributed by atoms with Gasteiger partial charge in [-0.1, -0.05) is 78.3 Å². The number of pyridine rings is 3. The summed E-state index contributed by atoms with van der Waals surface area (Å²) in [6.45, 7) is 6.49. The van der Waals surface area contributed by atoms with Crippen LogP contribution in [0.2, 0.25) is 5.02 Å². The van der Waals surface area contributed by atoms with E-state index >= 15 is 0 Å². The molecule has 3 aliphatic heterocycles. The SMILES string of the molecule is CN(C)CCCn1c(=O)c([N+](=O)[O-])c(N2CCN(C(=O)c3ccc(Cl)cc3)CC2)c2ccccc21.CN(C)CCCn1c(=O)c([N+](=O)[O-])c(N2CCN(C(=O)c3ccc(F)cc3)CC2)c2ccccc21.O=C(c1ccco1)N1CCN(c2c([N+](=O)[O-])c(=O)n(Cc3ccc(F)cc3)c3ccccc23)CC1. The van der Waals surface area contributed by atoms with Gasteiger partial charge in [0.2, 0.25) is 0 Å². The maximum absolute atomic E-state index is 13.4. The first kappa shape index (κ1) is 74.5. The highest BCUT2D eigenvalue weighted by atomic mass is 35.5. The van der Waals surface area contributed by atoms with E-state index in [2.05, 4.69) is 0 Å². The van der Waals surface area contributed by atoms with Crippen LogP contribution < -0.4 is 31.4 Å². The Morgan fingerprint density at radius 1 is 0.438 bits per heavy atom. The number of furan rings is 1. The molecule has 0 radical (unpaired) electrons. The maximum Gasteiger partial charge on any atom is 0.357 e. The van der Waals surface area contributed by atoms with E-state index in [4.69, 9.17) is 16.0 Å². The fraction of sp³-hybridized carbons (Fsp3) is 0.307. The van der Waals surface area contributed by atoms with Gasteiger partial charge in [0, 0.05) is 124 Å². The number of hydrogen-bond donors (Lipinski definition) is 0. The van der Waals surface area contributed by atoms with Crippen LogP contribution in [0, 0.1) is 42.0 Å². The van der Waals surface area contributed by atoms with Crippen LogP contribution in [0.15, 0.2) is 183 Å². The third-order valence-electron chi connectivity index (χ3n) is 18.7. The van der Waals surface area contributed by atoms with Crippen molar-refractivity contribution in [3.8, 4) is 0 Å². The molecule has 0 spiro atoms. The minimum atomic E-state index is -0.734. The van der Waals surface area contributed by atoms with E-state index in [0.29, 0.717) is 170 Å². The second-order valence-electron chi connectivity index (χ2n) is 26.0. The van der Waals surface area contributed by atoms with Gasteiger partial charge < -0.3 is 52.8 Å². The maximum atomic E-state index is 13.4. The molecule has 0 saturated carbocycles. The van der Waals surface area contributed by atoms with Gasteiger partial charge in [-0.3, -0.25) is 63.7 Å². The Kier molecular flexibility index (Phi) is 23.5. The molecule has 13 rings (SSSR count). The van der Waals surface area contributed by atoms with Crippen LogP contribution >= 0.6 is 11.6 Å². The lowest BCUT2D eigenvalue weighted by atomic mass is 10.1. The van der Waals surface area contributed by atoms with E-state index in [-0.39, 0.29) is 35.7 Å². The summed E-state index contributed by atoms with van der Waals surface area (Å²) in [5.41, 5.74) is 1.00. The Morgan fingerprint density at radius 3 is 1.12 bits per heavy atom. The van der Waals surface area contributed by atoms with Gasteiger partial charge >= 0.3 is 33.7 Å². The van der Waals surface area contributed by atoms with E-state index in [9.17, 15) is 67.9 Å². The standard InChI is InChI=1S/C25H28ClN5O4.C25H28FN5O4.C25H21FN4O5/c2*1-27(2)12-5-13-30-21-7-4-3-6-20(21)22(23(25(30)33)31(34)35)28-14-16-29(17-15-28)24(32)18-8-10-19(26)11-9-18;26-18-9-7-17(8-10-18)16-29-20-5-2-1-4-19(20)22(23(25(29)32)30(33)34)27-11-13-28(14-12-27)24(31)21-6-3-15-35-21/h2*3-4,6-11H,5,12-17H2,1-2H3;1-10,15H,11-14,16H2. The fourth-order valence-electron chi connectivity index (χ4n) is 13.5. The predicted molar refractivity (Wildman–Crippen MR) is 397 cm³/mol. The predicted octanol–water partition coefficient (Wildman–Crippen LogP) is 10.1. The Labute approximate surface area is 605 Å². The smallest absolute Gasteiger partial charge is 0.357 e. The zero-order valence-electron chi connectivity index (χ0n) is 58.2. The number of aromatic nitrogens is 3. The summed E-state index contributed by atoms with van der Waals surface area (Å²) in [4.78, 5) is 127. The molecule has 30 heteroatoms. The van der Waals surface area contributed by atoms with Crippen molar-refractivity contribution in [2.24, 2.45) is 0 Å². The minimum absolute atomic E-state index is 0.0617. The molecule has 27 nitrogen and oxygen atoms in total. The lowest BCUT2D eigenvalue weighted by Gasteiger charge is -2.36. The number of halogens is 3. The van der Waals surface area contributed by atoms with Gasteiger partial charge in [-0.15, -0.1) is 0 Å². The second kappa shape index (κ2) is 33.2. The molecule has 10 aromatic rings. The monoisotopic (exact) mass is 1450 g/mol. The Balaban J connectivity index is 0.000000157. The van der Waals surface area contributed by atoms with Gasteiger partial charge in [-0.25, -0.2) is 8.78 Å². The molecule has 3 aliphatic rings. The number of rotatable bonds is 19. The Morgan fingerprint density at radius 2 is 0.771 bits per heavy atom. The largest absolute Gasteiger partial charge is 0.459 e. The average molecular weight is 1460 g/mol. The highest BCUT2D eigenvalue weighted by Gasteiger charge is 2.36. The zero-order valence-corrected chi connectivity index (χ0v) is 59.0. The molecule has 105 heavy (non-hydrogen) atoms. The molecular weight excluding hydrogens is 1380 g/mol. The lowest BCUT2D eigenvalue weighted by molar-refractivity contribution is -0.385. The number of carbonyl (C=O) groups excluding carboxylic acids is 3. The van der Waals surface area contributed by atoms with Gasteiger partial charge in [-0.2, -0.15) is 0 Å². The first-order chi connectivity index (χ1) is 50.5. The summed E-state index contributed by atoms with van der Waals surface area (Å²) >= 11 is 5.93. The van der Waals surface area contributed by atoms with Gasteiger partial charge in [-0.05, 0) is 151 Å². The van der Waals surface area contributed by atoms with Crippen LogP contribution in [0.5, 0.6) is 0 Å². The summed E-state index contributed by atoms with van der Waals surface area (Å²) in [5, 5.41) is 38.8. The van der Waals surface area contributed by atoms with Gasteiger partial charge in [0.25, 0.3) is 17.7 Å². The molecule has 6 aromatic carbocycles. The Bertz CT molecular complexity index is 4850. The molecule has 3 fully saturated rings. The molecule has 0 unspecified atom stereocenters. The van der Waals surface area contributed by atoms with Gasteiger partial charge in [0.05, 0.1) is 44.1 Å². The number of hydrogen-bond acceptors (Lipinski definition) is 18. The van der Waals surface area contributed by atoms with Crippen molar-refractivity contribution in [1.82, 2.24) is 38.2 Å². The van der Waals surface area contributed by atoms with Crippen LogP contribution in [0.4, 0.5) is 42.9 Å².